The van der Waals surface area contributed by atoms with Crippen LogP contribution >= 0.6 is 0 Å². The van der Waals surface area contributed by atoms with Gasteiger partial charge in [0.1, 0.15) is 12.6 Å². The Hall–Kier alpha value is -2.60. The van der Waals surface area contributed by atoms with E-state index in [1.165, 1.54) is 10.6 Å². The quantitative estimate of drug-likeness (QED) is 0.869. The Balaban J connectivity index is 1.60. The zero-order valence-corrected chi connectivity index (χ0v) is 15.2. The number of anilines is 2. The highest BCUT2D eigenvalue weighted by molar-refractivity contribution is 6.10. The molecule has 1 aromatic carbocycles. The fourth-order valence-electron chi connectivity index (χ4n) is 4.38. The van der Waals surface area contributed by atoms with Crippen LogP contribution in [-0.2, 0) is 16.6 Å². The van der Waals surface area contributed by atoms with Gasteiger partial charge in [0.15, 0.2) is 6.04 Å². The fourth-order valence-corrected chi connectivity index (χ4v) is 4.38. The van der Waals surface area contributed by atoms with Gasteiger partial charge in [-0.05, 0) is 31.2 Å². The summed E-state index contributed by atoms with van der Waals surface area (Å²) in [5, 5.41) is 2.85. The predicted molar refractivity (Wildman–Crippen MR) is 100 cm³/mol. The SMILES string of the molecule is C[C@@H](C(=O)N1CC(=O)Nc2ccccc21)[NH+]1CCC[C@@H]1c1cccn1C. The molecule has 2 aliphatic rings. The number of nitrogens with zero attached hydrogens (tertiary/aromatic N) is 2. The van der Waals surface area contributed by atoms with Gasteiger partial charge in [0.25, 0.3) is 5.91 Å². The first-order chi connectivity index (χ1) is 12.6. The minimum Gasteiger partial charge on any atom is -0.350 e. The lowest BCUT2D eigenvalue weighted by Gasteiger charge is -2.34. The van der Waals surface area contributed by atoms with Crippen LogP contribution in [0.25, 0.3) is 0 Å². The number of fused-ring (bicyclic) bond motifs is 1. The minimum absolute atomic E-state index is 0.0170. The molecule has 0 radical (unpaired) electrons. The molecule has 3 heterocycles. The van der Waals surface area contributed by atoms with E-state index in [0.29, 0.717) is 11.7 Å². The first-order valence-electron chi connectivity index (χ1n) is 9.23. The van der Waals surface area contributed by atoms with Gasteiger partial charge in [-0.2, -0.15) is 0 Å². The smallest absolute Gasteiger partial charge is 0.285 e. The maximum absolute atomic E-state index is 13.3. The van der Waals surface area contributed by atoms with E-state index in [0.717, 1.165) is 25.1 Å². The molecule has 0 bridgehead atoms. The van der Waals surface area contributed by atoms with Gasteiger partial charge in [-0.25, -0.2) is 0 Å². The number of amides is 2. The van der Waals surface area contributed by atoms with E-state index in [-0.39, 0.29) is 24.4 Å². The van der Waals surface area contributed by atoms with E-state index in [1.807, 2.05) is 31.2 Å². The van der Waals surface area contributed by atoms with Crippen LogP contribution in [0.4, 0.5) is 11.4 Å². The van der Waals surface area contributed by atoms with Crippen LogP contribution in [0.2, 0.25) is 0 Å². The van der Waals surface area contributed by atoms with E-state index in [1.54, 1.807) is 4.90 Å². The first-order valence-corrected chi connectivity index (χ1v) is 9.23. The molecule has 6 nitrogen and oxygen atoms in total. The Kier molecular flexibility index (Phi) is 4.28. The number of hydrogen-bond donors (Lipinski definition) is 2. The molecule has 1 unspecified atom stereocenters. The molecular weight excluding hydrogens is 328 g/mol. The third-order valence-electron chi connectivity index (χ3n) is 5.71. The van der Waals surface area contributed by atoms with Crippen molar-refractivity contribution in [2.75, 3.05) is 23.3 Å². The Morgan fingerprint density at radius 1 is 1.27 bits per heavy atom. The number of quaternary nitrogens is 1. The van der Waals surface area contributed by atoms with Crippen molar-refractivity contribution in [3.8, 4) is 0 Å². The number of aryl methyl sites for hydroxylation is 1. The lowest BCUT2D eigenvalue weighted by Crippen LogP contribution is -3.15. The Labute approximate surface area is 153 Å². The molecule has 2 aliphatic heterocycles. The van der Waals surface area contributed by atoms with Crippen LogP contribution in [0.1, 0.15) is 31.5 Å². The summed E-state index contributed by atoms with van der Waals surface area (Å²) in [5.74, 6) is -0.122. The molecule has 4 rings (SSSR count). The monoisotopic (exact) mass is 353 g/mol. The van der Waals surface area contributed by atoms with E-state index in [2.05, 4.69) is 35.3 Å². The second-order valence-electron chi connectivity index (χ2n) is 7.28. The Morgan fingerprint density at radius 2 is 2.08 bits per heavy atom. The van der Waals surface area contributed by atoms with E-state index < -0.39 is 0 Å². The standard InChI is InChI=1S/C20H24N4O2/c1-14(23-12-6-10-18(23)17-9-5-11-22(17)2)20(26)24-13-19(25)21-15-7-3-4-8-16(15)24/h3-5,7-9,11,14,18H,6,10,12-13H2,1-2H3,(H,21,25)/p+1/t14-,18+/m0/s1. The van der Waals surface area contributed by atoms with Gasteiger partial charge >= 0.3 is 0 Å². The molecule has 2 aromatic rings. The number of aromatic nitrogens is 1. The lowest BCUT2D eigenvalue weighted by atomic mass is 10.1. The normalized spacial score (nSPS) is 23.5. The minimum atomic E-state index is -0.198. The van der Waals surface area contributed by atoms with Gasteiger partial charge in [-0.1, -0.05) is 12.1 Å². The zero-order valence-electron chi connectivity index (χ0n) is 15.2. The summed E-state index contributed by atoms with van der Waals surface area (Å²) in [4.78, 5) is 28.3. The van der Waals surface area contributed by atoms with Crippen molar-refractivity contribution in [3.05, 3.63) is 48.3 Å². The Bertz CT molecular complexity index is 844. The number of benzene rings is 1. The number of rotatable bonds is 3. The maximum Gasteiger partial charge on any atom is 0.285 e. The molecule has 3 atom stereocenters. The number of nitrogens with one attached hydrogen (secondary N) is 2. The average Bonchev–Trinajstić information content (AvgIpc) is 3.28. The van der Waals surface area contributed by atoms with Crippen LogP contribution in [-0.4, -0.2) is 35.5 Å². The van der Waals surface area contributed by atoms with E-state index >= 15 is 0 Å². The van der Waals surface area contributed by atoms with Crippen molar-refractivity contribution >= 4 is 23.2 Å². The zero-order chi connectivity index (χ0) is 18.3. The van der Waals surface area contributed by atoms with Crippen LogP contribution in [0.3, 0.4) is 0 Å². The van der Waals surface area contributed by atoms with Crippen LogP contribution in [0.15, 0.2) is 42.6 Å². The molecule has 2 amide bonds. The van der Waals surface area contributed by atoms with Crippen molar-refractivity contribution in [1.29, 1.82) is 0 Å². The van der Waals surface area contributed by atoms with Gasteiger partial charge < -0.3 is 14.8 Å². The van der Waals surface area contributed by atoms with E-state index in [9.17, 15) is 9.59 Å². The third-order valence-corrected chi connectivity index (χ3v) is 5.71. The molecule has 1 fully saturated rings. The molecule has 2 N–H and O–H groups in total. The summed E-state index contributed by atoms with van der Waals surface area (Å²) in [5.41, 5.74) is 2.77. The highest BCUT2D eigenvalue weighted by Crippen LogP contribution is 2.29. The average molecular weight is 353 g/mol. The molecule has 6 heteroatoms. The number of para-hydroxylation sites is 2. The number of carbonyl (C=O) groups excluding carboxylic acids is 2. The van der Waals surface area contributed by atoms with Crippen LogP contribution in [0.5, 0.6) is 0 Å². The van der Waals surface area contributed by atoms with Gasteiger partial charge in [0.2, 0.25) is 5.91 Å². The molecule has 0 aliphatic carbocycles. The summed E-state index contributed by atoms with van der Waals surface area (Å²) in [6.45, 7) is 3.06. The second kappa shape index (κ2) is 6.61. The molecular formula is C20H25N4O2+. The molecule has 26 heavy (non-hydrogen) atoms. The maximum atomic E-state index is 13.3. The third kappa shape index (κ3) is 2.80. The summed E-state index contributed by atoms with van der Waals surface area (Å²) < 4.78 is 2.15. The molecule has 136 valence electrons. The van der Waals surface area contributed by atoms with Crippen LogP contribution in [0, 0.1) is 0 Å². The number of hydrogen-bond acceptors (Lipinski definition) is 2. The van der Waals surface area contributed by atoms with Gasteiger partial charge in [-0.3, -0.25) is 14.5 Å². The van der Waals surface area contributed by atoms with Crippen molar-refractivity contribution in [2.24, 2.45) is 7.05 Å². The van der Waals surface area contributed by atoms with Crippen molar-refractivity contribution in [1.82, 2.24) is 4.57 Å². The summed E-state index contributed by atoms with van der Waals surface area (Å²) in [6, 6.07) is 11.8. The second-order valence-corrected chi connectivity index (χ2v) is 7.28. The van der Waals surface area contributed by atoms with Gasteiger partial charge in [-0.15, -0.1) is 0 Å². The van der Waals surface area contributed by atoms with Gasteiger partial charge in [0.05, 0.1) is 23.6 Å². The molecule has 0 saturated carbocycles. The van der Waals surface area contributed by atoms with Crippen molar-refractivity contribution < 1.29 is 14.5 Å². The highest BCUT2D eigenvalue weighted by Gasteiger charge is 2.41. The largest absolute Gasteiger partial charge is 0.350 e. The molecule has 0 spiro atoms. The van der Waals surface area contributed by atoms with Gasteiger partial charge in [0, 0.05) is 26.1 Å². The summed E-state index contributed by atoms with van der Waals surface area (Å²) in [6.07, 6.45) is 4.25. The molecule has 1 aromatic heterocycles. The highest BCUT2D eigenvalue weighted by atomic mass is 16.2. The fraction of sp³-hybridized carbons (Fsp3) is 0.400. The van der Waals surface area contributed by atoms with Crippen LogP contribution < -0.4 is 15.1 Å². The number of carbonyl (C=O) groups is 2. The summed E-state index contributed by atoms with van der Waals surface area (Å²) in [7, 11) is 2.06. The van der Waals surface area contributed by atoms with E-state index in [4.69, 9.17) is 0 Å². The molecule has 1 saturated heterocycles. The topological polar surface area (TPSA) is 58.8 Å². The summed E-state index contributed by atoms with van der Waals surface area (Å²) >= 11 is 0. The number of likely N-dealkylation sites (tertiary alicyclic amines) is 1. The predicted octanol–water partition coefficient (Wildman–Crippen LogP) is 1.12. The van der Waals surface area contributed by atoms with Crippen molar-refractivity contribution in [3.63, 3.8) is 0 Å². The van der Waals surface area contributed by atoms with Crippen molar-refractivity contribution in [2.45, 2.75) is 31.8 Å². The Morgan fingerprint density at radius 3 is 2.85 bits per heavy atom. The first kappa shape index (κ1) is 16.8. The lowest BCUT2D eigenvalue weighted by molar-refractivity contribution is -0.932.